The van der Waals surface area contributed by atoms with E-state index >= 15 is 0 Å². The number of piperidine rings is 3. The van der Waals surface area contributed by atoms with Crippen LogP contribution < -0.4 is 47.9 Å². The third kappa shape index (κ3) is 25.5. The molecule has 0 spiro atoms. The number of nitrogens with one attached hydrogen (secondary N) is 1. The number of carboxylic acids is 3. The van der Waals surface area contributed by atoms with Gasteiger partial charge in [0.1, 0.15) is 41.7 Å². The molecule has 36 heteroatoms. The number of carboxylic acid groups (broad SMARTS) is 3. The van der Waals surface area contributed by atoms with Crippen LogP contribution >= 0.6 is 15.9 Å². The minimum Gasteiger partial charge on any atom is -0.497 e. The van der Waals surface area contributed by atoms with E-state index in [9.17, 15) is 37.5 Å². The number of anilines is 3. The van der Waals surface area contributed by atoms with E-state index in [4.69, 9.17) is 57.6 Å². The summed E-state index contributed by atoms with van der Waals surface area (Å²) in [5.74, 6) is -0.945. The maximum atomic E-state index is 12.5. The van der Waals surface area contributed by atoms with Crippen LogP contribution in [0.4, 0.5) is 30.2 Å². The Bertz CT molecular complexity index is 5590. The molecule has 0 unspecified atom stereocenters. The summed E-state index contributed by atoms with van der Waals surface area (Å²) in [7, 11) is 4.88. The lowest BCUT2D eigenvalue weighted by molar-refractivity contribution is -0.192. The second kappa shape index (κ2) is 45.7. The van der Waals surface area contributed by atoms with Crippen molar-refractivity contribution in [1.82, 2.24) is 60.4 Å². The molecule has 3 saturated heterocycles. The molecule has 0 atom stereocenters. The summed E-state index contributed by atoms with van der Waals surface area (Å²) in [6, 6.07) is 58.1. The van der Waals surface area contributed by atoms with Crippen LogP contribution in [-0.2, 0) is 33.9 Å². The highest BCUT2D eigenvalue weighted by Gasteiger charge is 2.41. The number of hydrogen-bond acceptors (Lipinski definition) is 25. The SMILES string of the molecule is CCOC(=O)c1nnn(Cc2ccc(OC)cc2)c1OC1CC(c2ccc(Br)cc2)C1.CCOC(=O)c1nnn(Cc2ccc(OC)cc2)c1OC1CC(c2ccc(N3CCCCC3)cc2)C1.COc1ccc(Cn2nnc(C(=O)O)c2OC2CC(c3ccc(N4CCCCC4)cc3)C2)cc1.O=C(O)C(F)(F)F.O=C(O)c1[nH]nnc1OC1CC(c2ccc(N3CCCCC3)cc2)C1. The minimum absolute atomic E-state index is 0.00179. The number of hydrogen-bond donors (Lipinski definition) is 4. The lowest BCUT2D eigenvalue weighted by Crippen LogP contribution is -2.33. The highest BCUT2D eigenvalue weighted by molar-refractivity contribution is 9.10. The number of aromatic amines is 1. The Kier molecular flexibility index (Phi) is 32.9. The first-order chi connectivity index (χ1) is 64.5. The largest absolute Gasteiger partial charge is 0.497 e. The fourth-order valence-electron chi connectivity index (χ4n) is 16.9. The van der Waals surface area contributed by atoms with Gasteiger partial charge in [0.25, 0.3) is 5.88 Å². The van der Waals surface area contributed by atoms with Gasteiger partial charge in [-0.1, -0.05) is 127 Å². The lowest BCUT2D eigenvalue weighted by Gasteiger charge is -2.36. The summed E-state index contributed by atoms with van der Waals surface area (Å²) in [5.41, 5.74) is 12.1. The number of aromatic nitrogens is 12. The Morgan fingerprint density at radius 2 is 0.677 bits per heavy atom. The van der Waals surface area contributed by atoms with E-state index in [2.05, 4.69) is 174 Å². The summed E-state index contributed by atoms with van der Waals surface area (Å²) in [5, 5.41) is 59.7. The molecule has 0 amide bonds. The lowest BCUT2D eigenvalue weighted by atomic mass is 9.77. The molecule has 0 radical (unpaired) electrons. The number of H-pyrrole nitrogens is 1. The van der Waals surface area contributed by atoms with Crippen molar-refractivity contribution in [3.05, 3.63) is 236 Å². The number of rotatable bonds is 30. The smallest absolute Gasteiger partial charge is 0.490 e. The van der Waals surface area contributed by atoms with Gasteiger partial charge in [0, 0.05) is 60.8 Å². The highest BCUT2D eigenvalue weighted by atomic mass is 79.9. The standard InChI is InChI=1S/C28H34N4O4.C26H30N4O4.C23H24BrN3O4.C18H22N4O3.C2HF3O2/c1-3-35-28(33)26-27(32(30-29-26)19-20-7-13-24(34-2)14-8-20)36-25-17-22(18-25)21-9-11-23(12-10-21)31-15-5-4-6-16-31;1-33-22-11-5-18(6-12-22)17-30-25(24(26(31)32)27-28-30)34-23-15-20(16-23)19-7-9-21(10-8-19)29-13-3-2-4-14-29;1-3-30-23(28)21-22(27(26-25-21)14-15-4-10-19(29-2)11-5-15)31-20-12-17(13-20)16-6-8-18(24)9-7-16;23-18(24)16-17(20-21-19-16)25-15-10-13(11-15)12-4-6-14(7-5-12)22-8-2-1-3-9-22;3-2(4,5)1(6)7/h7-14,22,25H,3-6,15-19H2,1-2H3;5-12,20,23H,2-4,13-17H2,1H3,(H,31,32);4-11,17,20H,3,12-14H2,1-2H3;4-7,13,15H,1-3,8-11H2,(H,23,24)(H,19,20,21);(H,6,7). The summed E-state index contributed by atoms with van der Waals surface area (Å²) >= 11 is 3.47. The van der Waals surface area contributed by atoms with Crippen LogP contribution in [0.1, 0.15) is 228 Å². The number of carbonyl (C=O) groups excluding carboxylic acids is 2. The number of alkyl halides is 3. The summed E-state index contributed by atoms with van der Waals surface area (Å²) in [4.78, 5) is 63.9. The number of halogens is 4. The highest BCUT2D eigenvalue weighted by Crippen LogP contribution is 2.45. The maximum Gasteiger partial charge on any atom is 0.490 e. The normalized spacial score (nSPS) is 19.4. The molecule has 3 aliphatic heterocycles. The number of methoxy groups -OCH3 is 3. The predicted octanol–water partition coefficient (Wildman–Crippen LogP) is 17.2. The van der Waals surface area contributed by atoms with Crippen molar-refractivity contribution in [2.75, 3.05) is 88.5 Å². The zero-order valence-electron chi connectivity index (χ0n) is 74.9. The number of aliphatic carboxylic acids is 1. The van der Waals surface area contributed by atoms with E-state index in [1.165, 1.54) is 102 Å². The Hall–Kier alpha value is -13.3. The van der Waals surface area contributed by atoms with Gasteiger partial charge in [0.05, 0.1) is 54.2 Å². The van der Waals surface area contributed by atoms with Gasteiger partial charge >= 0.3 is 36.0 Å². The molecule has 4 aliphatic carbocycles. The second-order valence-electron chi connectivity index (χ2n) is 33.7. The number of benzene rings is 7. The first-order valence-electron chi connectivity index (χ1n) is 45.1. The van der Waals surface area contributed by atoms with Crippen molar-refractivity contribution >= 4 is 62.8 Å². The van der Waals surface area contributed by atoms with Crippen molar-refractivity contribution in [2.24, 2.45) is 0 Å². The van der Waals surface area contributed by atoms with Gasteiger partial charge in [0.15, 0.2) is 0 Å². The molecular weight excluding hydrogens is 1780 g/mol. The minimum atomic E-state index is -5.08. The molecular formula is C97H111BrF3N15O17. The van der Waals surface area contributed by atoms with Gasteiger partial charge in [-0.25, -0.2) is 43.1 Å². The molecule has 0 bridgehead atoms. The Morgan fingerprint density at radius 1 is 0.391 bits per heavy atom. The molecule has 4 saturated carbocycles. The number of ether oxygens (including phenoxy) is 9. The van der Waals surface area contributed by atoms with Gasteiger partial charge in [-0.2, -0.15) is 13.2 Å². The average Bonchev–Trinajstić information content (AvgIpc) is 1.74. The number of carbonyl (C=O) groups is 5. The van der Waals surface area contributed by atoms with E-state index < -0.39 is 36.0 Å². The third-order valence-electron chi connectivity index (χ3n) is 24.7. The summed E-state index contributed by atoms with van der Waals surface area (Å²) in [6.45, 7) is 12.2. The van der Waals surface area contributed by atoms with Crippen LogP contribution in [0.5, 0.6) is 40.8 Å². The molecule has 7 heterocycles. The molecule has 18 rings (SSSR count). The van der Waals surface area contributed by atoms with E-state index in [0.717, 1.165) is 129 Å². The predicted molar refractivity (Wildman–Crippen MR) is 489 cm³/mol. The Labute approximate surface area is 776 Å². The van der Waals surface area contributed by atoms with Crippen LogP contribution in [0.15, 0.2) is 174 Å². The fraction of sp³-hybridized carbons (Fsp3) is 0.433. The molecule has 11 aromatic rings. The first kappa shape index (κ1) is 95.8. The van der Waals surface area contributed by atoms with Crippen LogP contribution in [0, 0.1) is 0 Å². The molecule has 133 heavy (non-hydrogen) atoms. The van der Waals surface area contributed by atoms with Gasteiger partial charge < -0.3 is 72.7 Å². The van der Waals surface area contributed by atoms with E-state index in [0.29, 0.717) is 55.1 Å². The first-order valence-corrected chi connectivity index (χ1v) is 45.9. The van der Waals surface area contributed by atoms with Crippen molar-refractivity contribution in [3.63, 3.8) is 0 Å². The van der Waals surface area contributed by atoms with Crippen molar-refractivity contribution in [2.45, 2.75) is 197 Å². The maximum absolute atomic E-state index is 12.5. The molecule has 704 valence electrons. The molecule has 7 fully saturated rings. The van der Waals surface area contributed by atoms with E-state index in [1.807, 2.05) is 72.8 Å². The van der Waals surface area contributed by atoms with Crippen LogP contribution in [0.25, 0.3) is 0 Å². The summed E-state index contributed by atoms with van der Waals surface area (Å²) in [6.07, 6.45) is 13.5. The van der Waals surface area contributed by atoms with Crippen LogP contribution in [0.3, 0.4) is 0 Å². The number of aromatic carboxylic acids is 2. The van der Waals surface area contributed by atoms with Crippen LogP contribution in [-0.4, -0.2) is 210 Å². The fourth-order valence-corrected chi connectivity index (χ4v) is 17.2. The van der Waals surface area contributed by atoms with Crippen molar-refractivity contribution in [3.8, 4) is 40.8 Å². The number of nitrogens with zero attached hydrogens (tertiary/aromatic N) is 14. The Balaban J connectivity index is 0.000000140. The quantitative estimate of drug-likeness (QED) is 0.0304. The zero-order valence-corrected chi connectivity index (χ0v) is 76.5. The third-order valence-corrected chi connectivity index (χ3v) is 25.3. The van der Waals surface area contributed by atoms with Crippen molar-refractivity contribution < 1.29 is 95.1 Å². The van der Waals surface area contributed by atoms with Gasteiger partial charge in [-0.3, -0.25) is 0 Å². The molecule has 7 aliphatic rings. The van der Waals surface area contributed by atoms with E-state index in [-0.39, 0.29) is 72.2 Å². The molecule has 4 aromatic heterocycles. The zero-order chi connectivity index (χ0) is 93.5. The topological polar surface area (TPSA) is 373 Å². The molecule has 32 nitrogen and oxygen atoms in total. The second-order valence-corrected chi connectivity index (χ2v) is 34.6. The molecule has 7 aromatic carbocycles. The average molecular weight is 1900 g/mol. The number of esters is 2. The van der Waals surface area contributed by atoms with Gasteiger partial charge in [0.2, 0.25) is 40.4 Å². The Morgan fingerprint density at radius 3 is 0.955 bits per heavy atom. The monoisotopic (exact) mass is 1890 g/mol. The van der Waals surface area contributed by atoms with Crippen molar-refractivity contribution in [1.29, 1.82) is 0 Å². The van der Waals surface area contributed by atoms with Gasteiger partial charge in [-0.15, -0.1) is 15.3 Å². The van der Waals surface area contributed by atoms with Gasteiger partial charge in [-0.05, 0) is 271 Å². The van der Waals surface area contributed by atoms with E-state index in [1.54, 1.807) is 44.5 Å². The molecule has 4 N–H and O–H groups in total. The van der Waals surface area contributed by atoms with Crippen LogP contribution in [0.2, 0.25) is 0 Å². The summed E-state index contributed by atoms with van der Waals surface area (Å²) < 4.78 is 87.9.